The molecule has 0 saturated heterocycles. The molecule has 0 aromatic rings. The van der Waals surface area contributed by atoms with Gasteiger partial charge in [-0.15, -0.1) is 0 Å². The fourth-order valence-electron chi connectivity index (χ4n) is 9.07. The smallest absolute Gasteiger partial charge is 0.305 e. The van der Waals surface area contributed by atoms with Crippen LogP contribution in [-0.4, -0.2) is 39.1 Å². The highest BCUT2D eigenvalue weighted by molar-refractivity contribution is 5.66. The Hall–Kier alpha value is -1.14. The number of aliphatic carboxylic acids is 1. The largest absolute Gasteiger partial charge is 0.481 e. The molecule has 0 aromatic heterocycles. The molecule has 10 atom stereocenters. The van der Waals surface area contributed by atoms with Crippen LogP contribution in [0, 0.1) is 46.3 Å². The van der Waals surface area contributed by atoms with Crippen LogP contribution in [-0.2, 0) is 14.3 Å². The minimum absolute atomic E-state index is 0.0462. The average molecular weight is 451 g/mol. The van der Waals surface area contributed by atoms with E-state index in [4.69, 9.17) is 9.84 Å². The molecular formula is C26H42O6. The van der Waals surface area contributed by atoms with Crippen LogP contribution < -0.4 is 0 Å². The normalized spacial score (nSPS) is 48.8. The molecule has 3 N–H and O–H groups in total. The third kappa shape index (κ3) is 3.89. The maximum absolute atomic E-state index is 11.5. The topological polar surface area (TPSA) is 104 Å². The van der Waals surface area contributed by atoms with Gasteiger partial charge in [0.15, 0.2) is 0 Å². The first kappa shape index (κ1) is 24.0. The van der Waals surface area contributed by atoms with Gasteiger partial charge < -0.3 is 20.1 Å². The highest BCUT2D eigenvalue weighted by Gasteiger charge is 2.64. The molecular weight excluding hydrogens is 408 g/mol. The van der Waals surface area contributed by atoms with Gasteiger partial charge in [-0.05, 0) is 91.3 Å². The molecule has 0 spiro atoms. The van der Waals surface area contributed by atoms with Gasteiger partial charge in [0.05, 0.1) is 6.10 Å². The summed E-state index contributed by atoms with van der Waals surface area (Å²) in [5.74, 6) is -0.352. The number of ether oxygens (including phenoxy) is 1. The number of carboxylic acid groups (broad SMARTS) is 1. The predicted octanol–water partition coefficient (Wildman–Crippen LogP) is 4.37. The van der Waals surface area contributed by atoms with Crippen LogP contribution in [0.25, 0.3) is 0 Å². The van der Waals surface area contributed by atoms with Gasteiger partial charge in [0.25, 0.3) is 0 Å². The number of carboxylic acids is 1. The molecule has 0 radical (unpaired) electrons. The summed E-state index contributed by atoms with van der Waals surface area (Å²) < 4.78 is 5.30. The minimum Gasteiger partial charge on any atom is -0.481 e. The molecule has 6 heteroatoms. The molecule has 0 aliphatic heterocycles. The van der Waals surface area contributed by atoms with Crippen LogP contribution in [0.15, 0.2) is 0 Å². The molecule has 4 aliphatic carbocycles. The van der Waals surface area contributed by atoms with E-state index in [1.165, 1.54) is 6.92 Å². The van der Waals surface area contributed by atoms with E-state index in [1.54, 1.807) is 0 Å². The molecule has 4 rings (SSSR count). The molecule has 32 heavy (non-hydrogen) atoms. The summed E-state index contributed by atoms with van der Waals surface area (Å²) in [6, 6.07) is 0. The number of esters is 1. The number of fused-ring (bicyclic) bond motifs is 5. The van der Waals surface area contributed by atoms with Gasteiger partial charge in [0.2, 0.25) is 5.79 Å². The summed E-state index contributed by atoms with van der Waals surface area (Å²) >= 11 is 0. The summed E-state index contributed by atoms with van der Waals surface area (Å²) in [4.78, 5) is 22.6. The number of carbonyl (C=O) groups is 2. The van der Waals surface area contributed by atoms with Gasteiger partial charge in [-0.25, -0.2) is 0 Å². The lowest BCUT2D eigenvalue weighted by Crippen LogP contribution is -2.60. The van der Waals surface area contributed by atoms with Crippen molar-refractivity contribution in [3.8, 4) is 0 Å². The second kappa shape index (κ2) is 8.26. The summed E-state index contributed by atoms with van der Waals surface area (Å²) in [5, 5.41) is 31.4. The van der Waals surface area contributed by atoms with Gasteiger partial charge in [0.1, 0.15) is 0 Å². The number of hydrogen-bond acceptors (Lipinski definition) is 5. The van der Waals surface area contributed by atoms with Crippen molar-refractivity contribution in [2.24, 2.45) is 46.3 Å². The van der Waals surface area contributed by atoms with Gasteiger partial charge in [-0.3, -0.25) is 9.59 Å². The first-order chi connectivity index (χ1) is 14.9. The van der Waals surface area contributed by atoms with Crippen LogP contribution in [0.1, 0.15) is 91.9 Å². The van der Waals surface area contributed by atoms with E-state index in [0.717, 1.165) is 38.5 Å². The predicted molar refractivity (Wildman–Crippen MR) is 119 cm³/mol. The summed E-state index contributed by atoms with van der Waals surface area (Å²) in [5.41, 5.74) is 0.209. The van der Waals surface area contributed by atoms with Crippen LogP contribution in [0.2, 0.25) is 0 Å². The SMILES string of the molecule is CC(=O)O[C@@]1(O)CC[C@@]2(C)C(C[C@@H](O)[C@H]3[C@@H]4CC[C@H]([C@H](C)CCC(=O)O)[C@@]4(C)CC[C@@H]32)C1. The molecule has 0 aromatic carbocycles. The molecule has 1 unspecified atom stereocenters. The number of carbonyl (C=O) groups excluding carboxylic acids is 1. The zero-order valence-electron chi connectivity index (χ0n) is 20.2. The maximum Gasteiger partial charge on any atom is 0.305 e. The molecule has 182 valence electrons. The molecule has 4 aliphatic rings. The standard InChI is InChI=1S/C26H42O6/c1-15(5-8-22(29)30)18-6-7-19-23-20(9-10-25(18,19)4)24(3)11-12-26(31,32-16(2)27)14-17(24)13-21(23)28/h15,17-21,23,28,31H,5-14H2,1-4H3,(H,29,30)/t15-,17?,18-,19+,20+,21-,23+,24+,25-,26+/m1/s1. The quantitative estimate of drug-likeness (QED) is 0.424. The molecule has 4 saturated carbocycles. The van der Waals surface area contributed by atoms with Crippen molar-refractivity contribution in [3.63, 3.8) is 0 Å². The van der Waals surface area contributed by atoms with E-state index in [-0.39, 0.29) is 29.1 Å². The lowest BCUT2D eigenvalue weighted by molar-refractivity contribution is -0.258. The Bertz CT molecular complexity index is 753. The average Bonchev–Trinajstić information content (AvgIpc) is 3.04. The zero-order valence-corrected chi connectivity index (χ0v) is 20.2. The van der Waals surface area contributed by atoms with E-state index < -0.39 is 23.8 Å². The Morgan fingerprint density at radius 1 is 1.06 bits per heavy atom. The summed E-state index contributed by atoms with van der Waals surface area (Å²) in [6.07, 6.45) is 7.39. The lowest BCUT2D eigenvalue weighted by atomic mass is 9.43. The summed E-state index contributed by atoms with van der Waals surface area (Å²) in [7, 11) is 0. The van der Waals surface area contributed by atoms with Crippen molar-refractivity contribution < 1.29 is 29.6 Å². The molecule has 4 fully saturated rings. The maximum atomic E-state index is 11.5. The zero-order chi connectivity index (χ0) is 23.5. The number of hydrogen-bond donors (Lipinski definition) is 3. The second-order valence-electron chi connectivity index (χ2n) is 12.2. The Balaban J connectivity index is 1.54. The second-order valence-corrected chi connectivity index (χ2v) is 12.2. The summed E-state index contributed by atoms with van der Waals surface area (Å²) in [6.45, 7) is 8.32. The van der Waals surface area contributed by atoms with Crippen LogP contribution in [0.5, 0.6) is 0 Å². The molecule has 0 bridgehead atoms. The molecule has 6 nitrogen and oxygen atoms in total. The van der Waals surface area contributed by atoms with Crippen molar-refractivity contribution in [2.75, 3.05) is 0 Å². The Morgan fingerprint density at radius 3 is 2.41 bits per heavy atom. The van der Waals surface area contributed by atoms with Crippen molar-refractivity contribution in [1.29, 1.82) is 0 Å². The van der Waals surface area contributed by atoms with Crippen molar-refractivity contribution in [1.82, 2.24) is 0 Å². The van der Waals surface area contributed by atoms with Crippen LogP contribution >= 0.6 is 0 Å². The van der Waals surface area contributed by atoms with E-state index in [1.807, 2.05) is 0 Å². The van der Waals surface area contributed by atoms with Gasteiger partial charge in [0, 0.05) is 26.2 Å². The highest BCUT2D eigenvalue weighted by atomic mass is 16.7. The third-order valence-corrected chi connectivity index (χ3v) is 10.6. The fraction of sp³-hybridized carbons (Fsp3) is 0.923. The number of aliphatic hydroxyl groups excluding tert-OH is 1. The number of aliphatic hydroxyl groups is 2. The molecule has 0 heterocycles. The monoisotopic (exact) mass is 450 g/mol. The third-order valence-electron chi connectivity index (χ3n) is 10.6. The van der Waals surface area contributed by atoms with E-state index in [9.17, 15) is 19.8 Å². The first-order valence-corrected chi connectivity index (χ1v) is 12.7. The Kier molecular flexibility index (Phi) is 6.20. The number of rotatable bonds is 5. The van der Waals surface area contributed by atoms with Gasteiger partial charge >= 0.3 is 11.9 Å². The lowest BCUT2D eigenvalue weighted by Gasteiger charge is -2.63. The van der Waals surface area contributed by atoms with Crippen molar-refractivity contribution >= 4 is 11.9 Å². The fourth-order valence-corrected chi connectivity index (χ4v) is 9.07. The van der Waals surface area contributed by atoms with E-state index in [2.05, 4.69) is 20.8 Å². The van der Waals surface area contributed by atoms with Crippen molar-refractivity contribution in [3.05, 3.63) is 0 Å². The van der Waals surface area contributed by atoms with E-state index in [0.29, 0.717) is 42.9 Å². The van der Waals surface area contributed by atoms with Crippen molar-refractivity contribution in [2.45, 2.75) is 104 Å². The molecule has 0 amide bonds. The van der Waals surface area contributed by atoms with Gasteiger partial charge in [-0.1, -0.05) is 20.8 Å². The Labute approximate surface area is 192 Å². The first-order valence-electron chi connectivity index (χ1n) is 12.7. The van der Waals surface area contributed by atoms with Gasteiger partial charge in [-0.2, -0.15) is 0 Å². The van der Waals surface area contributed by atoms with Crippen LogP contribution in [0.3, 0.4) is 0 Å². The Morgan fingerprint density at radius 2 is 1.75 bits per heavy atom. The van der Waals surface area contributed by atoms with Crippen LogP contribution in [0.4, 0.5) is 0 Å². The highest BCUT2D eigenvalue weighted by Crippen LogP contribution is 2.69. The minimum atomic E-state index is -1.40. The van der Waals surface area contributed by atoms with E-state index >= 15 is 0 Å².